The molecule has 8 nitrogen and oxygen atoms in total. The molecule has 0 saturated carbocycles. The number of hydrogen-bond acceptors (Lipinski definition) is 6. The van der Waals surface area contributed by atoms with Gasteiger partial charge in [-0.25, -0.2) is 0 Å². The Morgan fingerprint density at radius 1 is 1.20 bits per heavy atom. The molecular formula is C21H18FN3O5. The van der Waals surface area contributed by atoms with E-state index in [0.29, 0.717) is 6.42 Å². The van der Waals surface area contributed by atoms with E-state index in [1.807, 2.05) is 36.4 Å². The molecule has 1 aromatic heterocycles. The number of nitro groups is 1. The zero-order valence-electron chi connectivity index (χ0n) is 16.0. The van der Waals surface area contributed by atoms with Gasteiger partial charge in [0.1, 0.15) is 0 Å². The number of nitro benzene ring substituents is 1. The maximum Gasteiger partial charge on any atom is 0.306 e. The number of carbonyl (C=O) groups is 2. The van der Waals surface area contributed by atoms with Crippen LogP contribution in [0.4, 0.5) is 15.8 Å². The number of aromatic nitrogens is 1. The van der Waals surface area contributed by atoms with Crippen LogP contribution in [0, 0.1) is 15.9 Å². The fourth-order valence-corrected chi connectivity index (χ4v) is 2.76. The SMILES string of the molecule is CC(OC(=O)CCc1ccc2ccccc2n1)C(=O)Nc1ccc(F)c([N+](=O)[O-])c1. The van der Waals surface area contributed by atoms with E-state index in [1.165, 1.54) is 13.0 Å². The van der Waals surface area contributed by atoms with Crippen LogP contribution in [0.25, 0.3) is 10.9 Å². The Bertz CT molecular complexity index is 1120. The first-order valence-electron chi connectivity index (χ1n) is 9.12. The average Bonchev–Trinajstić information content (AvgIpc) is 2.73. The summed E-state index contributed by atoms with van der Waals surface area (Å²) in [4.78, 5) is 38.6. The van der Waals surface area contributed by atoms with Crippen molar-refractivity contribution in [1.29, 1.82) is 0 Å². The molecule has 1 heterocycles. The van der Waals surface area contributed by atoms with Crippen LogP contribution in [0.5, 0.6) is 0 Å². The average molecular weight is 411 g/mol. The van der Waals surface area contributed by atoms with E-state index in [1.54, 1.807) is 0 Å². The molecule has 0 aliphatic heterocycles. The van der Waals surface area contributed by atoms with Gasteiger partial charge in [-0.3, -0.25) is 24.7 Å². The molecule has 0 aliphatic rings. The van der Waals surface area contributed by atoms with Crippen LogP contribution in [0.1, 0.15) is 19.0 Å². The lowest BCUT2D eigenvalue weighted by atomic mass is 10.1. The Kier molecular flexibility index (Phi) is 6.31. The highest BCUT2D eigenvalue weighted by atomic mass is 19.1. The van der Waals surface area contributed by atoms with E-state index in [-0.39, 0.29) is 12.1 Å². The van der Waals surface area contributed by atoms with Crippen molar-refractivity contribution in [3.8, 4) is 0 Å². The summed E-state index contributed by atoms with van der Waals surface area (Å²) in [6.07, 6.45) is -0.751. The van der Waals surface area contributed by atoms with E-state index in [2.05, 4.69) is 10.3 Å². The Morgan fingerprint density at radius 3 is 2.73 bits per heavy atom. The molecule has 2 aromatic carbocycles. The molecule has 0 aliphatic carbocycles. The minimum atomic E-state index is -1.13. The number of ether oxygens (including phenoxy) is 1. The number of aryl methyl sites for hydroxylation is 1. The summed E-state index contributed by atoms with van der Waals surface area (Å²) < 4.78 is 18.5. The van der Waals surface area contributed by atoms with Gasteiger partial charge in [-0.2, -0.15) is 4.39 Å². The molecule has 0 saturated heterocycles. The summed E-state index contributed by atoms with van der Waals surface area (Å²) in [5.74, 6) is -2.29. The lowest BCUT2D eigenvalue weighted by Gasteiger charge is -2.13. The number of halogens is 1. The number of amides is 1. The van der Waals surface area contributed by atoms with Crippen LogP contribution in [-0.2, 0) is 20.7 Å². The van der Waals surface area contributed by atoms with Crippen molar-refractivity contribution in [2.45, 2.75) is 25.9 Å². The quantitative estimate of drug-likeness (QED) is 0.360. The third kappa shape index (κ3) is 5.13. The maximum absolute atomic E-state index is 13.4. The molecule has 1 unspecified atom stereocenters. The van der Waals surface area contributed by atoms with Crippen molar-refractivity contribution in [3.05, 3.63) is 76.2 Å². The third-order valence-corrected chi connectivity index (χ3v) is 4.33. The highest BCUT2D eigenvalue weighted by Crippen LogP contribution is 2.22. The first kappa shape index (κ1) is 20.8. The molecule has 1 N–H and O–H groups in total. The van der Waals surface area contributed by atoms with Crippen LogP contribution in [0.3, 0.4) is 0 Å². The molecule has 9 heteroatoms. The fraction of sp³-hybridized carbons (Fsp3) is 0.190. The number of anilines is 1. The minimum absolute atomic E-state index is 0.0244. The van der Waals surface area contributed by atoms with E-state index in [0.717, 1.165) is 28.7 Å². The molecule has 0 bridgehead atoms. The Morgan fingerprint density at radius 2 is 1.97 bits per heavy atom. The van der Waals surface area contributed by atoms with Crippen LogP contribution in [0.15, 0.2) is 54.6 Å². The third-order valence-electron chi connectivity index (χ3n) is 4.33. The van der Waals surface area contributed by atoms with Gasteiger partial charge in [-0.15, -0.1) is 0 Å². The van der Waals surface area contributed by atoms with Crippen LogP contribution < -0.4 is 5.32 Å². The van der Waals surface area contributed by atoms with Crippen molar-refractivity contribution in [2.24, 2.45) is 0 Å². The zero-order chi connectivity index (χ0) is 21.7. The lowest BCUT2D eigenvalue weighted by Crippen LogP contribution is -2.30. The molecule has 0 spiro atoms. The summed E-state index contributed by atoms with van der Waals surface area (Å²) >= 11 is 0. The largest absolute Gasteiger partial charge is 0.453 e. The second-order valence-corrected chi connectivity index (χ2v) is 6.54. The van der Waals surface area contributed by atoms with Gasteiger partial charge in [0.15, 0.2) is 6.10 Å². The molecule has 30 heavy (non-hydrogen) atoms. The molecule has 3 rings (SSSR count). The standard InChI is InChI=1S/C21H18FN3O5/c1-13(21(27)24-16-8-10-17(22)19(12-16)25(28)29)30-20(26)11-9-15-7-6-14-4-2-3-5-18(14)23-15/h2-8,10,12-13H,9,11H2,1H3,(H,24,27). The van der Waals surface area contributed by atoms with Gasteiger partial charge >= 0.3 is 11.7 Å². The van der Waals surface area contributed by atoms with Crippen molar-refractivity contribution in [2.75, 3.05) is 5.32 Å². The number of hydrogen-bond donors (Lipinski definition) is 1. The highest BCUT2D eigenvalue weighted by Gasteiger charge is 2.20. The number of esters is 1. The predicted octanol–water partition coefficient (Wildman–Crippen LogP) is 3.79. The molecule has 0 fully saturated rings. The zero-order valence-corrected chi connectivity index (χ0v) is 16.0. The van der Waals surface area contributed by atoms with Crippen molar-refractivity contribution in [1.82, 2.24) is 4.98 Å². The number of nitrogens with one attached hydrogen (secondary N) is 1. The van der Waals surface area contributed by atoms with Crippen LogP contribution in [0.2, 0.25) is 0 Å². The van der Waals surface area contributed by atoms with E-state index in [4.69, 9.17) is 4.74 Å². The van der Waals surface area contributed by atoms with Gasteiger partial charge < -0.3 is 10.1 Å². The van der Waals surface area contributed by atoms with E-state index < -0.39 is 34.4 Å². The molecule has 154 valence electrons. The van der Waals surface area contributed by atoms with Crippen LogP contribution >= 0.6 is 0 Å². The number of pyridine rings is 1. The van der Waals surface area contributed by atoms with Crippen molar-refractivity contribution < 1.29 is 23.6 Å². The van der Waals surface area contributed by atoms with E-state index >= 15 is 0 Å². The number of rotatable bonds is 7. The summed E-state index contributed by atoms with van der Waals surface area (Å²) in [5.41, 5.74) is 0.808. The first-order valence-corrected chi connectivity index (χ1v) is 9.12. The Balaban J connectivity index is 1.53. The number of para-hydroxylation sites is 1. The van der Waals surface area contributed by atoms with Crippen molar-refractivity contribution in [3.63, 3.8) is 0 Å². The van der Waals surface area contributed by atoms with Gasteiger partial charge in [-0.05, 0) is 31.2 Å². The van der Waals surface area contributed by atoms with Crippen molar-refractivity contribution >= 4 is 34.2 Å². The number of carbonyl (C=O) groups excluding carboxylic acids is 2. The Hall–Kier alpha value is -3.88. The normalized spacial score (nSPS) is 11.7. The second kappa shape index (κ2) is 9.08. The fourth-order valence-electron chi connectivity index (χ4n) is 2.76. The van der Waals surface area contributed by atoms with Gasteiger partial charge in [0.05, 0.1) is 16.9 Å². The highest BCUT2D eigenvalue weighted by molar-refractivity contribution is 5.95. The summed E-state index contributed by atoms with van der Waals surface area (Å²) in [5, 5.41) is 14.1. The topological polar surface area (TPSA) is 111 Å². The summed E-state index contributed by atoms with van der Waals surface area (Å²) in [6, 6.07) is 14.3. The monoisotopic (exact) mass is 411 g/mol. The molecule has 3 aromatic rings. The van der Waals surface area contributed by atoms with Gasteiger partial charge in [0, 0.05) is 29.3 Å². The Labute approximate surface area is 170 Å². The minimum Gasteiger partial charge on any atom is -0.453 e. The molecule has 1 atom stereocenters. The molecule has 0 radical (unpaired) electrons. The first-order chi connectivity index (χ1) is 14.3. The maximum atomic E-state index is 13.4. The van der Waals surface area contributed by atoms with Gasteiger partial charge in [-0.1, -0.05) is 24.3 Å². The van der Waals surface area contributed by atoms with Gasteiger partial charge in [0.2, 0.25) is 5.82 Å². The van der Waals surface area contributed by atoms with Gasteiger partial charge in [0.25, 0.3) is 5.91 Å². The summed E-state index contributed by atoms with van der Waals surface area (Å²) in [6.45, 7) is 1.37. The number of nitrogens with zero attached hydrogens (tertiary/aromatic N) is 2. The smallest absolute Gasteiger partial charge is 0.306 e. The number of benzene rings is 2. The summed E-state index contributed by atoms with van der Waals surface area (Å²) in [7, 11) is 0. The molecular weight excluding hydrogens is 393 g/mol. The molecule has 1 amide bonds. The second-order valence-electron chi connectivity index (χ2n) is 6.54. The van der Waals surface area contributed by atoms with Crippen LogP contribution in [-0.4, -0.2) is 27.9 Å². The predicted molar refractivity (Wildman–Crippen MR) is 107 cm³/mol. The van der Waals surface area contributed by atoms with E-state index in [9.17, 15) is 24.1 Å². The lowest BCUT2D eigenvalue weighted by molar-refractivity contribution is -0.387. The number of fused-ring (bicyclic) bond motifs is 1.